The van der Waals surface area contributed by atoms with Crippen LogP contribution in [0.2, 0.25) is 0 Å². The van der Waals surface area contributed by atoms with Gasteiger partial charge >= 0.3 is 0 Å². The van der Waals surface area contributed by atoms with Crippen LogP contribution in [0.4, 0.5) is 5.82 Å². The van der Waals surface area contributed by atoms with Crippen molar-refractivity contribution in [1.82, 2.24) is 19.9 Å². The van der Waals surface area contributed by atoms with E-state index in [9.17, 15) is 4.79 Å². The van der Waals surface area contributed by atoms with Gasteiger partial charge in [0.05, 0.1) is 19.2 Å². The molecule has 0 radical (unpaired) electrons. The predicted molar refractivity (Wildman–Crippen MR) is 120 cm³/mol. The molecule has 4 rings (SSSR count). The third kappa shape index (κ3) is 4.99. The molecule has 1 aromatic carbocycles. The highest BCUT2D eigenvalue weighted by Crippen LogP contribution is 2.29. The van der Waals surface area contributed by atoms with Crippen LogP contribution < -0.4 is 10.1 Å². The summed E-state index contributed by atoms with van der Waals surface area (Å²) in [5.41, 5.74) is 2.80. The lowest BCUT2D eigenvalue weighted by Crippen LogP contribution is -2.40. The number of carbonyl (C=O) groups excluding carboxylic acids is 1. The molecule has 7 nitrogen and oxygen atoms in total. The summed E-state index contributed by atoms with van der Waals surface area (Å²) in [6.07, 6.45) is 5.82. The maximum Gasteiger partial charge on any atom is 0.227 e. The molecule has 1 saturated heterocycles. The molecule has 1 atom stereocenters. The number of rotatable bonds is 6. The standard InChI is InChI=1S/C24H27N5O2/c1-25-22-14-21(27-24(28-22)18-7-4-10-26-15-18)19-8-5-11-29(16-19)23(30)13-17-6-3-9-20(12-17)31-2/h3-4,6-7,9-10,12,14-15,19H,5,8,11,13,16H2,1-2H3,(H,25,27,28)/t19-/m0/s1. The molecule has 0 spiro atoms. The number of hydrogen-bond donors (Lipinski definition) is 1. The van der Waals surface area contributed by atoms with Gasteiger partial charge in [0.25, 0.3) is 0 Å². The van der Waals surface area contributed by atoms with Crippen molar-refractivity contribution in [2.24, 2.45) is 0 Å². The Morgan fingerprint density at radius 1 is 1.23 bits per heavy atom. The SMILES string of the molecule is CNc1cc([C@H]2CCCN(C(=O)Cc3cccc(OC)c3)C2)nc(-c2cccnc2)n1. The van der Waals surface area contributed by atoms with Crippen molar-refractivity contribution in [1.29, 1.82) is 0 Å². The van der Waals surface area contributed by atoms with Gasteiger partial charge in [-0.1, -0.05) is 12.1 Å². The van der Waals surface area contributed by atoms with E-state index in [1.54, 1.807) is 19.5 Å². The molecular weight excluding hydrogens is 390 g/mol. The average molecular weight is 418 g/mol. The molecule has 1 aliphatic rings. The van der Waals surface area contributed by atoms with Crippen molar-refractivity contribution in [3.8, 4) is 17.1 Å². The molecule has 7 heteroatoms. The normalized spacial score (nSPS) is 16.1. The number of methoxy groups -OCH3 is 1. The average Bonchev–Trinajstić information content (AvgIpc) is 2.84. The first-order valence-corrected chi connectivity index (χ1v) is 10.5. The highest BCUT2D eigenvalue weighted by molar-refractivity contribution is 5.79. The van der Waals surface area contributed by atoms with Crippen LogP contribution in [0, 0.1) is 0 Å². The number of aromatic nitrogens is 3. The Morgan fingerprint density at radius 3 is 2.90 bits per heavy atom. The van der Waals surface area contributed by atoms with E-state index < -0.39 is 0 Å². The molecule has 1 N–H and O–H groups in total. The van der Waals surface area contributed by atoms with Crippen LogP contribution in [0.15, 0.2) is 54.9 Å². The van der Waals surface area contributed by atoms with E-state index in [2.05, 4.69) is 15.3 Å². The van der Waals surface area contributed by atoms with Crippen LogP contribution in [0.1, 0.15) is 30.0 Å². The largest absolute Gasteiger partial charge is 0.497 e. The lowest BCUT2D eigenvalue weighted by molar-refractivity contribution is -0.131. The van der Waals surface area contributed by atoms with Crippen molar-refractivity contribution >= 4 is 11.7 Å². The smallest absolute Gasteiger partial charge is 0.227 e. The molecule has 1 amide bonds. The minimum atomic E-state index is 0.133. The summed E-state index contributed by atoms with van der Waals surface area (Å²) in [5.74, 6) is 2.49. The van der Waals surface area contributed by atoms with Crippen LogP contribution in [0.25, 0.3) is 11.4 Å². The summed E-state index contributed by atoms with van der Waals surface area (Å²) >= 11 is 0. The second kappa shape index (κ2) is 9.55. The van der Waals surface area contributed by atoms with Crippen LogP contribution in [0.3, 0.4) is 0 Å². The number of carbonyl (C=O) groups is 1. The van der Waals surface area contributed by atoms with E-state index in [-0.39, 0.29) is 11.8 Å². The summed E-state index contributed by atoms with van der Waals surface area (Å²) in [4.78, 5) is 28.5. The number of anilines is 1. The predicted octanol–water partition coefficient (Wildman–Crippen LogP) is 3.54. The number of pyridine rings is 1. The lowest BCUT2D eigenvalue weighted by Gasteiger charge is -2.33. The van der Waals surface area contributed by atoms with Gasteiger partial charge in [-0.05, 0) is 42.7 Å². The molecule has 31 heavy (non-hydrogen) atoms. The fraction of sp³-hybridized carbons (Fsp3) is 0.333. The fourth-order valence-electron chi connectivity index (χ4n) is 3.94. The number of benzene rings is 1. The first-order chi connectivity index (χ1) is 15.2. The number of nitrogens with one attached hydrogen (secondary N) is 1. The minimum absolute atomic E-state index is 0.133. The molecule has 2 aromatic heterocycles. The first-order valence-electron chi connectivity index (χ1n) is 10.5. The van der Waals surface area contributed by atoms with Gasteiger partial charge < -0.3 is 15.0 Å². The monoisotopic (exact) mass is 417 g/mol. The zero-order valence-corrected chi connectivity index (χ0v) is 17.9. The maximum absolute atomic E-state index is 13.0. The van der Waals surface area contributed by atoms with Crippen LogP contribution in [-0.4, -0.2) is 53.0 Å². The minimum Gasteiger partial charge on any atom is -0.497 e. The molecular formula is C24H27N5O2. The Labute approximate surface area is 182 Å². The zero-order chi connectivity index (χ0) is 21.6. The number of amides is 1. The quantitative estimate of drug-likeness (QED) is 0.661. The van der Waals surface area contributed by atoms with E-state index >= 15 is 0 Å². The van der Waals surface area contributed by atoms with Gasteiger partial charge in [-0.25, -0.2) is 9.97 Å². The number of likely N-dealkylation sites (tertiary alicyclic amines) is 1. The summed E-state index contributed by atoms with van der Waals surface area (Å²) in [6, 6.07) is 13.5. The van der Waals surface area contributed by atoms with E-state index in [4.69, 9.17) is 9.72 Å². The Hall–Kier alpha value is -3.48. The number of ether oxygens (including phenoxy) is 1. The highest BCUT2D eigenvalue weighted by atomic mass is 16.5. The Balaban J connectivity index is 1.52. The number of piperidine rings is 1. The highest BCUT2D eigenvalue weighted by Gasteiger charge is 2.26. The van der Waals surface area contributed by atoms with E-state index in [0.29, 0.717) is 18.8 Å². The molecule has 160 valence electrons. The lowest BCUT2D eigenvalue weighted by atomic mass is 9.93. The van der Waals surface area contributed by atoms with Gasteiger partial charge in [0, 0.05) is 50.1 Å². The summed E-state index contributed by atoms with van der Waals surface area (Å²) < 4.78 is 5.28. The molecule has 0 bridgehead atoms. The Bertz CT molecular complexity index is 1040. The third-order valence-electron chi connectivity index (χ3n) is 5.60. The topological polar surface area (TPSA) is 80.2 Å². The van der Waals surface area contributed by atoms with Crippen LogP contribution >= 0.6 is 0 Å². The molecule has 1 aliphatic heterocycles. The second-order valence-electron chi connectivity index (χ2n) is 7.70. The van der Waals surface area contributed by atoms with E-state index in [1.807, 2.05) is 54.4 Å². The zero-order valence-electron chi connectivity index (χ0n) is 17.9. The Morgan fingerprint density at radius 2 is 2.13 bits per heavy atom. The van der Waals surface area contributed by atoms with E-state index in [0.717, 1.165) is 47.8 Å². The molecule has 3 heterocycles. The maximum atomic E-state index is 13.0. The fourth-order valence-corrected chi connectivity index (χ4v) is 3.94. The van der Waals surface area contributed by atoms with Crippen molar-refractivity contribution < 1.29 is 9.53 Å². The van der Waals surface area contributed by atoms with Gasteiger partial charge in [0.1, 0.15) is 11.6 Å². The molecule has 0 saturated carbocycles. The third-order valence-corrected chi connectivity index (χ3v) is 5.60. The molecule has 1 fully saturated rings. The van der Waals surface area contributed by atoms with Crippen LogP contribution in [0.5, 0.6) is 5.75 Å². The van der Waals surface area contributed by atoms with E-state index in [1.165, 1.54) is 0 Å². The van der Waals surface area contributed by atoms with Crippen molar-refractivity contribution in [2.45, 2.75) is 25.2 Å². The summed E-state index contributed by atoms with van der Waals surface area (Å²) in [6.45, 7) is 1.44. The van der Waals surface area contributed by atoms with Crippen molar-refractivity contribution in [3.05, 3.63) is 66.1 Å². The van der Waals surface area contributed by atoms with Gasteiger partial charge in [-0.15, -0.1) is 0 Å². The van der Waals surface area contributed by atoms with Gasteiger partial charge in [0.15, 0.2) is 5.82 Å². The molecule has 0 unspecified atom stereocenters. The number of hydrogen-bond acceptors (Lipinski definition) is 6. The summed E-state index contributed by atoms with van der Waals surface area (Å²) in [7, 11) is 3.49. The second-order valence-corrected chi connectivity index (χ2v) is 7.70. The van der Waals surface area contributed by atoms with Gasteiger partial charge in [0.2, 0.25) is 5.91 Å². The number of nitrogens with zero attached hydrogens (tertiary/aromatic N) is 4. The molecule has 0 aliphatic carbocycles. The van der Waals surface area contributed by atoms with Crippen molar-refractivity contribution in [3.63, 3.8) is 0 Å². The first kappa shape index (κ1) is 20.8. The van der Waals surface area contributed by atoms with Gasteiger partial charge in [-0.3, -0.25) is 9.78 Å². The van der Waals surface area contributed by atoms with Crippen LogP contribution in [-0.2, 0) is 11.2 Å². The van der Waals surface area contributed by atoms with Gasteiger partial charge in [-0.2, -0.15) is 0 Å². The van der Waals surface area contributed by atoms with Crippen molar-refractivity contribution in [2.75, 3.05) is 32.6 Å². The summed E-state index contributed by atoms with van der Waals surface area (Å²) in [5, 5.41) is 3.13. The molecule has 3 aromatic rings. The Kier molecular flexibility index (Phi) is 6.40.